The van der Waals surface area contributed by atoms with Crippen LogP contribution in [-0.4, -0.2) is 17.0 Å². The van der Waals surface area contributed by atoms with Crippen LogP contribution in [-0.2, 0) is 0 Å². The minimum absolute atomic E-state index is 0.549. The van der Waals surface area contributed by atoms with Crippen molar-refractivity contribution >= 4 is 37.7 Å². The van der Waals surface area contributed by atoms with E-state index >= 15 is 0 Å². The lowest BCUT2D eigenvalue weighted by Crippen LogP contribution is -1.96. The molecule has 0 aliphatic rings. The average molecular weight is 333 g/mol. The van der Waals surface area contributed by atoms with Crippen LogP contribution in [0.25, 0.3) is 11.6 Å². The lowest BCUT2D eigenvalue weighted by Gasteiger charge is -2.02. The van der Waals surface area contributed by atoms with Crippen LogP contribution in [0.15, 0.2) is 31.9 Å². The summed E-state index contributed by atoms with van der Waals surface area (Å²) in [6.45, 7) is 0. The van der Waals surface area contributed by atoms with E-state index in [0.29, 0.717) is 16.3 Å². The maximum absolute atomic E-state index is 5.36. The first kappa shape index (κ1) is 10.6. The van der Waals surface area contributed by atoms with Crippen molar-refractivity contribution in [3.05, 3.63) is 27.5 Å². The second-order valence-electron chi connectivity index (χ2n) is 2.74. The van der Waals surface area contributed by atoms with Gasteiger partial charge in [0.1, 0.15) is 5.82 Å². The number of hydrogen-bond donors (Lipinski definition) is 1. The monoisotopic (exact) mass is 331 g/mol. The van der Waals surface area contributed by atoms with Crippen LogP contribution in [0.5, 0.6) is 0 Å². The Hall–Kier alpha value is -0.880. The van der Waals surface area contributed by atoms with Crippen molar-refractivity contribution in [3.8, 4) is 11.6 Å². The van der Waals surface area contributed by atoms with Gasteiger partial charge in [0.15, 0.2) is 16.3 Å². The fraction of sp³-hybridized carbons (Fsp3) is 0.111. The van der Waals surface area contributed by atoms with Gasteiger partial charge in [-0.25, -0.2) is 9.97 Å². The van der Waals surface area contributed by atoms with E-state index in [4.69, 9.17) is 4.42 Å². The van der Waals surface area contributed by atoms with Gasteiger partial charge < -0.3 is 9.73 Å². The fourth-order valence-electron chi connectivity index (χ4n) is 1.10. The van der Waals surface area contributed by atoms with Crippen molar-refractivity contribution in [1.82, 2.24) is 9.97 Å². The van der Waals surface area contributed by atoms with Crippen LogP contribution in [0, 0.1) is 0 Å². The Morgan fingerprint density at radius 3 is 2.73 bits per heavy atom. The molecule has 2 aromatic rings. The van der Waals surface area contributed by atoms with E-state index < -0.39 is 0 Å². The molecule has 0 unspecified atom stereocenters. The van der Waals surface area contributed by atoms with Gasteiger partial charge in [-0.15, -0.1) is 0 Å². The smallest absolute Gasteiger partial charge is 0.197 e. The minimum Gasteiger partial charge on any atom is -0.446 e. The molecule has 2 heterocycles. The third-order valence-corrected chi connectivity index (χ3v) is 2.78. The summed E-state index contributed by atoms with van der Waals surface area (Å²) < 4.78 is 6.84. The van der Waals surface area contributed by atoms with E-state index in [1.807, 2.05) is 6.07 Å². The first-order valence-corrected chi connectivity index (χ1v) is 5.75. The Kier molecular flexibility index (Phi) is 3.06. The Bertz CT molecular complexity index is 484. The second-order valence-corrected chi connectivity index (χ2v) is 4.38. The molecule has 0 aliphatic heterocycles. The van der Waals surface area contributed by atoms with Crippen molar-refractivity contribution < 1.29 is 4.42 Å². The van der Waals surface area contributed by atoms with E-state index in [-0.39, 0.29) is 0 Å². The molecule has 0 spiro atoms. The van der Waals surface area contributed by atoms with Crippen LogP contribution in [0.4, 0.5) is 5.82 Å². The molecule has 15 heavy (non-hydrogen) atoms. The van der Waals surface area contributed by atoms with Gasteiger partial charge in [0.2, 0.25) is 0 Å². The van der Waals surface area contributed by atoms with Gasteiger partial charge in [0, 0.05) is 13.2 Å². The molecule has 0 saturated heterocycles. The number of halogens is 2. The van der Waals surface area contributed by atoms with Crippen molar-refractivity contribution in [2.45, 2.75) is 0 Å². The largest absolute Gasteiger partial charge is 0.446 e. The number of aromatic nitrogens is 2. The highest BCUT2D eigenvalue weighted by molar-refractivity contribution is 9.10. The zero-order chi connectivity index (χ0) is 10.8. The normalized spacial score (nSPS) is 10.3. The molecule has 0 fully saturated rings. The second kappa shape index (κ2) is 4.32. The molecule has 0 bridgehead atoms. The molecule has 4 nitrogen and oxygen atoms in total. The van der Waals surface area contributed by atoms with Crippen LogP contribution in [0.1, 0.15) is 0 Å². The third-order valence-electron chi connectivity index (χ3n) is 1.77. The maximum Gasteiger partial charge on any atom is 0.197 e. The topological polar surface area (TPSA) is 51.0 Å². The zero-order valence-electron chi connectivity index (χ0n) is 7.79. The SMILES string of the molecule is CNc1nc(-c2ccc(Br)o2)ncc1Br. The number of furan rings is 1. The summed E-state index contributed by atoms with van der Waals surface area (Å²) in [6, 6.07) is 3.62. The van der Waals surface area contributed by atoms with Gasteiger partial charge in [-0.3, -0.25) is 0 Å². The van der Waals surface area contributed by atoms with Crippen molar-refractivity contribution in [3.63, 3.8) is 0 Å². The summed E-state index contributed by atoms with van der Waals surface area (Å²) in [6.07, 6.45) is 1.69. The summed E-state index contributed by atoms with van der Waals surface area (Å²) in [5.74, 6) is 1.91. The molecule has 0 saturated carbocycles. The lowest BCUT2D eigenvalue weighted by atomic mass is 10.4. The van der Waals surface area contributed by atoms with E-state index in [1.165, 1.54) is 0 Å². The molecular weight excluding hydrogens is 326 g/mol. The average Bonchev–Trinajstić information content (AvgIpc) is 2.66. The lowest BCUT2D eigenvalue weighted by molar-refractivity contribution is 0.551. The van der Waals surface area contributed by atoms with Gasteiger partial charge in [-0.1, -0.05) is 0 Å². The first-order chi connectivity index (χ1) is 7.20. The Balaban J connectivity index is 2.45. The number of nitrogens with one attached hydrogen (secondary N) is 1. The highest BCUT2D eigenvalue weighted by Gasteiger charge is 2.09. The van der Waals surface area contributed by atoms with Gasteiger partial charge >= 0.3 is 0 Å². The minimum atomic E-state index is 0.549. The van der Waals surface area contributed by atoms with Crippen molar-refractivity contribution in [2.24, 2.45) is 0 Å². The molecule has 2 aromatic heterocycles. The van der Waals surface area contributed by atoms with Crippen LogP contribution < -0.4 is 5.32 Å². The molecule has 2 rings (SSSR count). The summed E-state index contributed by atoms with van der Waals surface area (Å²) in [5.41, 5.74) is 0. The predicted molar refractivity (Wildman–Crippen MR) is 64.7 cm³/mol. The quantitative estimate of drug-likeness (QED) is 0.916. The molecule has 0 amide bonds. The van der Waals surface area contributed by atoms with Crippen LogP contribution in [0.3, 0.4) is 0 Å². The summed E-state index contributed by atoms with van der Waals surface area (Å²) >= 11 is 6.57. The third kappa shape index (κ3) is 2.21. The standard InChI is InChI=1S/C9H7Br2N3O/c1-12-8-5(10)4-13-9(14-8)6-2-3-7(11)15-6/h2-4H,1H3,(H,12,13,14). The van der Waals surface area contributed by atoms with Gasteiger partial charge in [0.05, 0.1) is 4.47 Å². The number of rotatable bonds is 2. The van der Waals surface area contributed by atoms with Gasteiger partial charge in [-0.05, 0) is 44.0 Å². The summed E-state index contributed by atoms with van der Waals surface area (Å²) in [4.78, 5) is 8.45. The number of nitrogens with zero attached hydrogens (tertiary/aromatic N) is 2. The van der Waals surface area contributed by atoms with E-state index in [9.17, 15) is 0 Å². The molecule has 0 aliphatic carbocycles. The van der Waals surface area contributed by atoms with E-state index in [1.54, 1.807) is 19.3 Å². The number of anilines is 1. The van der Waals surface area contributed by atoms with Gasteiger partial charge in [0.25, 0.3) is 0 Å². The predicted octanol–water partition coefficient (Wildman–Crippen LogP) is 3.30. The van der Waals surface area contributed by atoms with Crippen molar-refractivity contribution in [2.75, 3.05) is 12.4 Å². The van der Waals surface area contributed by atoms with Crippen molar-refractivity contribution in [1.29, 1.82) is 0 Å². The Morgan fingerprint density at radius 2 is 2.13 bits per heavy atom. The Labute approximate surface area is 103 Å². The summed E-state index contributed by atoms with van der Waals surface area (Å²) in [5, 5.41) is 2.96. The maximum atomic E-state index is 5.36. The molecule has 0 atom stereocenters. The molecule has 0 radical (unpaired) electrons. The van der Waals surface area contributed by atoms with E-state index in [2.05, 4.69) is 47.1 Å². The summed E-state index contributed by atoms with van der Waals surface area (Å²) in [7, 11) is 1.80. The molecule has 6 heteroatoms. The molecule has 0 aromatic carbocycles. The first-order valence-electron chi connectivity index (χ1n) is 4.16. The molecule has 1 N–H and O–H groups in total. The highest BCUT2D eigenvalue weighted by atomic mass is 79.9. The number of hydrogen-bond acceptors (Lipinski definition) is 4. The highest BCUT2D eigenvalue weighted by Crippen LogP contribution is 2.25. The van der Waals surface area contributed by atoms with Crippen LogP contribution >= 0.6 is 31.9 Å². The molecular formula is C9H7Br2N3O. The van der Waals surface area contributed by atoms with Gasteiger partial charge in [-0.2, -0.15) is 0 Å². The van der Waals surface area contributed by atoms with Crippen LogP contribution in [0.2, 0.25) is 0 Å². The zero-order valence-corrected chi connectivity index (χ0v) is 11.0. The fourth-order valence-corrected chi connectivity index (χ4v) is 1.79. The molecule has 78 valence electrons. The Morgan fingerprint density at radius 1 is 1.33 bits per heavy atom. The van der Waals surface area contributed by atoms with E-state index in [0.717, 1.165) is 10.3 Å².